The van der Waals surface area contributed by atoms with Gasteiger partial charge in [0.1, 0.15) is 10.7 Å². The highest BCUT2D eigenvalue weighted by Gasteiger charge is 2.30. The fourth-order valence-electron chi connectivity index (χ4n) is 2.05. The maximum Gasteiger partial charge on any atom is 0.245 e. The van der Waals surface area contributed by atoms with E-state index in [1.165, 1.54) is 16.4 Å². The number of sulfonamides is 1. The number of rotatable bonds is 2. The van der Waals surface area contributed by atoms with Gasteiger partial charge in [0.15, 0.2) is 0 Å². The normalized spacial score (nSPS) is 19.1. The van der Waals surface area contributed by atoms with Crippen molar-refractivity contribution in [3.05, 3.63) is 29.0 Å². The molecule has 1 aromatic carbocycles. The smallest absolute Gasteiger partial charge is 0.207 e. The SMILES string of the molecule is CC1CCN(S(=O)(=O)c2ccc(Cl)cc2F)CC1. The molecule has 0 spiro atoms. The third-order valence-electron chi connectivity index (χ3n) is 3.25. The van der Waals surface area contributed by atoms with E-state index in [0.29, 0.717) is 19.0 Å². The van der Waals surface area contributed by atoms with Crippen molar-refractivity contribution in [1.29, 1.82) is 0 Å². The Morgan fingerprint density at radius 2 is 1.94 bits per heavy atom. The van der Waals surface area contributed by atoms with Gasteiger partial charge in [0.2, 0.25) is 10.0 Å². The predicted molar refractivity (Wildman–Crippen MR) is 68.6 cm³/mol. The summed E-state index contributed by atoms with van der Waals surface area (Å²) in [5, 5.41) is 0.193. The Kier molecular flexibility index (Phi) is 3.94. The van der Waals surface area contributed by atoms with Crippen LogP contribution in [0.15, 0.2) is 23.1 Å². The Morgan fingerprint density at radius 3 is 2.50 bits per heavy atom. The summed E-state index contributed by atoms with van der Waals surface area (Å²) in [6.07, 6.45) is 1.63. The van der Waals surface area contributed by atoms with Crippen LogP contribution in [0.3, 0.4) is 0 Å². The topological polar surface area (TPSA) is 37.4 Å². The molecule has 0 radical (unpaired) electrons. The molecule has 1 heterocycles. The van der Waals surface area contributed by atoms with E-state index in [1.807, 2.05) is 0 Å². The van der Waals surface area contributed by atoms with Gasteiger partial charge in [0.25, 0.3) is 0 Å². The molecule has 1 fully saturated rings. The van der Waals surface area contributed by atoms with Crippen molar-refractivity contribution in [2.24, 2.45) is 5.92 Å². The van der Waals surface area contributed by atoms with Gasteiger partial charge < -0.3 is 0 Å². The summed E-state index contributed by atoms with van der Waals surface area (Å²) in [6, 6.07) is 3.65. The summed E-state index contributed by atoms with van der Waals surface area (Å²) in [7, 11) is -3.73. The monoisotopic (exact) mass is 291 g/mol. The molecule has 0 aliphatic carbocycles. The Hall–Kier alpha value is -0.650. The van der Waals surface area contributed by atoms with Crippen molar-refractivity contribution in [1.82, 2.24) is 4.31 Å². The highest BCUT2D eigenvalue weighted by Crippen LogP contribution is 2.26. The first-order valence-corrected chi connectivity index (χ1v) is 7.68. The lowest BCUT2D eigenvalue weighted by Gasteiger charge is -2.29. The molecule has 2 rings (SSSR count). The Morgan fingerprint density at radius 1 is 1.33 bits per heavy atom. The number of piperidine rings is 1. The largest absolute Gasteiger partial charge is 0.245 e. The van der Waals surface area contributed by atoms with Crippen LogP contribution in [-0.2, 0) is 10.0 Å². The van der Waals surface area contributed by atoms with Gasteiger partial charge in [-0.2, -0.15) is 4.31 Å². The highest BCUT2D eigenvalue weighted by atomic mass is 35.5. The molecule has 0 aromatic heterocycles. The van der Waals surface area contributed by atoms with Crippen molar-refractivity contribution >= 4 is 21.6 Å². The molecule has 0 unspecified atom stereocenters. The Bertz CT molecular complexity index is 539. The second kappa shape index (κ2) is 5.15. The molecule has 3 nitrogen and oxygen atoms in total. The number of hydrogen-bond acceptors (Lipinski definition) is 2. The summed E-state index contributed by atoms with van der Waals surface area (Å²) in [4.78, 5) is -0.290. The maximum absolute atomic E-state index is 13.7. The first-order valence-electron chi connectivity index (χ1n) is 5.86. The number of halogens is 2. The van der Waals surface area contributed by atoms with E-state index in [9.17, 15) is 12.8 Å². The molecule has 0 saturated carbocycles. The molecule has 100 valence electrons. The molecular weight excluding hydrogens is 277 g/mol. The zero-order valence-electron chi connectivity index (χ0n) is 10.1. The van der Waals surface area contributed by atoms with E-state index >= 15 is 0 Å². The minimum atomic E-state index is -3.73. The van der Waals surface area contributed by atoms with E-state index in [0.717, 1.165) is 18.9 Å². The van der Waals surface area contributed by atoms with E-state index in [2.05, 4.69) is 6.92 Å². The van der Waals surface area contributed by atoms with Crippen molar-refractivity contribution in [2.45, 2.75) is 24.7 Å². The zero-order chi connectivity index (χ0) is 13.3. The standard InChI is InChI=1S/C12H15ClFNO2S/c1-9-4-6-15(7-5-9)18(16,17)12-3-2-10(13)8-11(12)14/h2-3,8-9H,4-7H2,1H3. The average Bonchev–Trinajstić information content (AvgIpc) is 2.29. The molecule has 0 bridgehead atoms. The van der Waals surface area contributed by atoms with Crippen LogP contribution in [0.25, 0.3) is 0 Å². The van der Waals surface area contributed by atoms with Crippen LogP contribution in [0.4, 0.5) is 4.39 Å². The van der Waals surface area contributed by atoms with E-state index < -0.39 is 15.8 Å². The number of nitrogens with zero attached hydrogens (tertiary/aromatic N) is 1. The van der Waals surface area contributed by atoms with Crippen LogP contribution in [-0.4, -0.2) is 25.8 Å². The van der Waals surface area contributed by atoms with E-state index in [-0.39, 0.29) is 9.92 Å². The third kappa shape index (κ3) is 2.68. The average molecular weight is 292 g/mol. The van der Waals surface area contributed by atoms with Gasteiger partial charge in [0.05, 0.1) is 0 Å². The van der Waals surface area contributed by atoms with Crippen molar-refractivity contribution < 1.29 is 12.8 Å². The van der Waals surface area contributed by atoms with Gasteiger partial charge in [-0.3, -0.25) is 0 Å². The Labute approximate surface area is 112 Å². The second-order valence-corrected chi connectivity index (χ2v) is 7.00. The van der Waals surface area contributed by atoms with Gasteiger partial charge in [0, 0.05) is 18.1 Å². The van der Waals surface area contributed by atoms with Gasteiger partial charge in [-0.1, -0.05) is 18.5 Å². The molecule has 0 amide bonds. The first kappa shape index (κ1) is 13.8. The van der Waals surface area contributed by atoms with E-state index in [1.54, 1.807) is 0 Å². The minimum Gasteiger partial charge on any atom is -0.207 e. The van der Waals surface area contributed by atoms with Gasteiger partial charge in [-0.15, -0.1) is 0 Å². The lowest BCUT2D eigenvalue weighted by atomic mass is 10.0. The molecule has 18 heavy (non-hydrogen) atoms. The van der Waals surface area contributed by atoms with Gasteiger partial charge in [-0.25, -0.2) is 12.8 Å². The van der Waals surface area contributed by atoms with Crippen LogP contribution in [0, 0.1) is 11.7 Å². The molecule has 6 heteroatoms. The predicted octanol–water partition coefficient (Wildman–Crippen LogP) is 2.90. The molecule has 1 saturated heterocycles. The summed E-state index contributed by atoms with van der Waals surface area (Å²) in [5.41, 5.74) is 0. The van der Waals surface area contributed by atoms with Gasteiger partial charge in [-0.05, 0) is 37.0 Å². The highest BCUT2D eigenvalue weighted by molar-refractivity contribution is 7.89. The second-order valence-electron chi connectivity index (χ2n) is 4.66. The van der Waals surface area contributed by atoms with Crippen LogP contribution >= 0.6 is 11.6 Å². The summed E-state index contributed by atoms with van der Waals surface area (Å²) in [5.74, 6) is -0.271. The summed E-state index contributed by atoms with van der Waals surface area (Å²) >= 11 is 5.62. The molecule has 1 aliphatic rings. The lowest BCUT2D eigenvalue weighted by molar-refractivity contribution is 0.287. The number of hydrogen-bond donors (Lipinski definition) is 0. The van der Waals surface area contributed by atoms with Crippen LogP contribution in [0.1, 0.15) is 19.8 Å². The van der Waals surface area contributed by atoms with Crippen molar-refractivity contribution in [2.75, 3.05) is 13.1 Å². The van der Waals surface area contributed by atoms with E-state index in [4.69, 9.17) is 11.6 Å². The summed E-state index contributed by atoms with van der Waals surface area (Å²) < 4.78 is 39.6. The fraction of sp³-hybridized carbons (Fsp3) is 0.500. The summed E-state index contributed by atoms with van der Waals surface area (Å²) in [6.45, 7) is 2.99. The molecular formula is C12H15ClFNO2S. The third-order valence-corrected chi connectivity index (χ3v) is 5.42. The van der Waals surface area contributed by atoms with Crippen LogP contribution < -0.4 is 0 Å². The van der Waals surface area contributed by atoms with Gasteiger partial charge >= 0.3 is 0 Å². The lowest BCUT2D eigenvalue weighted by Crippen LogP contribution is -2.38. The Balaban J connectivity index is 2.30. The maximum atomic E-state index is 13.7. The molecule has 1 aliphatic heterocycles. The fourth-order valence-corrected chi connectivity index (χ4v) is 3.72. The number of benzene rings is 1. The molecule has 0 N–H and O–H groups in total. The first-order chi connectivity index (χ1) is 8.41. The van der Waals surface area contributed by atoms with Crippen molar-refractivity contribution in [3.63, 3.8) is 0 Å². The van der Waals surface area contributed by atoms with Crippen LogP contribution in [0.2, 0.25) is 5.02 Å². The molecule has 1 aromatic rings. The quantitative estimate of drug-likeness (QED) is 0.840. The minimum absolute atomic E-state index is 0.193. The zero-order valence-corrected chi connectivity index (χ0v) is 11.6. The molecule has 0 atom stereocenters. The van der Waals surface area contributed by atoms with Crippen LogP contribution in [0.5, 0.6) is 0 Å². The van der Waals surface area contributed by atoms with Crippen molar-refractivity contribution in [3.8, 4) is 0 Å².